The first-order valence-electron chi connectivity index (χ1n) is 4.83. The molecule has 0 heterocycles. The summed E-state index contributed by atoms with van der Waals surface area (Å²) >= 11 is 3.24. The molecule has 0 aliphatic carbocycles. The van der Waals surface area contributed by atoms with Crippen LogP contribution in [0.2, 0.25) is 0 Å². The fraction of sp³-hybridized carbons (Fsp3) is 0.364. The summed E-state index contributed by atoms with van der Waals surface area (Å²) in [6, 6.07) is 3.60. The van der Waals surface area contributed by atoms with Gasteiger partial charge >= 0.3 is 0 Å². The van der Waals surface area contributed by atoms with Crippen LogP contribution in [0, 0.1) is 11.6 Å². The monoisotopic (exact) mass is 291 g/mol. The van der Waals surface area contributed by atoms with E-state index in [1.807, 2.05) is 0 Å². The maximum Gasteiger partial charge on any atom is 0.256 e. The molecule has 0 saturated carbocycles. The molecule has 5 heteroatoms. The van der Waals surface area contributed by atoms with Crippen LogP contribution in [0.3, 0.4) is 0 Å². The molecule has 0 spiro atoms. The van der Waals surface area contributed by atoms with Crippen LogP contribution in [0.15, 0.2) is 18.2 Å². The number of benzene rings is 1. The van der Waals surface area contributed by atoms with Crippen LogP contribution in [0.1, 0.15) is 16.8 Å². The lowest BCUT2D eigenvalue weighted by molar-refractivity contribution is 0.0790. The number of rotatable bonds is 4. The Morgan fingerprint density at radius 1 is 1.44 bits per heavy atom. The van der Waals surface area contributed by atoms with Gasteiger partial charge in [0.25, 0.3) is 5.91 Å². The first-order chi connectivity index (χ1) is 7.57. The summed E-state index contributed by atoms with van der Waals surface area (Å²) in [4.78, 5) is 13.1. The summed E-state index contributed by atoms with van der Waals surface area (Å²) in [5.74, 6) is -2.59. The van der Waals surface area contributed by atoms with Gasteiger partial charge in [-0.25, -0.2) is 8.78 Å². The Hall–Kier alpha value is -0.970. The van der Waals surface area contributed by atoms with Crippen molar-refractivity contribution in [1.29, 1.82) is 0 Å². The van der Waals surface area contributed by atoms with Crippen molar-refractivity contribution in [2.24, 2.45) is 0 Å². The first kappa shape index (κ1) is 13.1. The highest BCUT2D eigenvalue weighted by atomic mass is 79.9. The third kappa shape index (κ3) is 3.01. The molecule has 1 rings (SSSR count). The third-order valence-electron chi connectivity index (χ3n) is 2.16. The second kappa shape index (κ2) is 5.94. The fourth-order valence-corrected chi connectivity index (χ4v) is 1.52. The average molecular weight is 292 g/mol. The molecule has 0 radical (unpaired) electrons. The summed E-state index contributed by atoms with van der Waals surface area (Å²) in [5, 5.41) is 0.760. The van der Waals surface area contributed by atoms with Gasteiger partial charge < -0.3 is 4.90 Å². The predicted octanol–water partition coefficient (Wildman–Crippen LogP) is 2.82. The molecule has 0 bridgehead atoms. The summed E-state index contributed by atoms with van der Waals surface area (Å²) in [6.45, 7) is 0.500. The van der Waals surface area contributed by atoms with Gasteiger partial charge in [0.15, 0.2) is 11.6 Å². The number of amides is 1. The Kier molecular flexibility index (Phi) is 4.86. The van der Waals surface area contributed by atoms with Crippen LogP contribution in [-0.2, 0) is 0 Å². The van der Waals surface area contributed by atoms with Gasteiger partial charge in [-0.15, -0.1) is 0 Å². The topological polar surface area (TPSA) is 20.3 Å². The second-order valence-electron chi connectivity index (χ2n) is 3.37. The minimum absolute atomic E-state index is 0.225. The Balaban J connectivity index is 2.84. The molecule has 0 saturated heterocycles. The molecule has 1 aromatic rings. The molecule has 0 aliphatic heterocycles. The van der Waals surface area contributed by atoms with Gasteiger partial charge in [0, 0.05) is 18.9 Å². The van der Waals surface area contributed by atoms with E-state index < -0.39 is 17.5 Å². The van der Waals surface area contributed by atoms with Crippen LogP contribution < -0.4 is 0 Å². The van der Waals surface area contributed by atoms with E-state index >= 15 is 0 Å². The molecule has 2 nitrogen and oxygen atoms in total. The fourth-order valence-electron chi connectivity index (χ4n) is 1.27. The number of carbonyl (C=O) groups is 1. The maximum atomic E-state index is 13.3. The quantitative estimate of drug-likeness (QED) is 0.781. The first-order valence-corrected chi connectivity index (χ1v) is 5.95. The van der Waals surface area contributed by atoms with Crippen molar-refractivity contribution in [3.05, 3.63) is 35.4 Å². The SMILES string of the molecule is CN(CCCBr)C(=O)c1cccc(F)c1F. The molecular weight excluding hydrogens is 280 g/mol. The van der Waals surface area contributed by atoms with E-state index in [-0.39, 0.29) is 5.56 Å². The van der Waals surface area contributed by atoms with Crippen molar-refractivity contribution in [2.75, 3.05) is 18.9 Å². The van der Waals surface area contributed by atoms with Crippen LogP contribution in [0.4, 0.5) is 8.78 Å². The zero-order valence-electron chi connectivity index (χ0n) is 8.84. The maximum absolute atomic E-state index is 13.3. The molecule has 0 unspecified atom stereocenters. The van der Waals surface area contributed by atoms with Gasteiger partial charge in [-0.3, -0.25) is 4.79 Å². The van der Waals surface area contributed by atoms with E-state index in [1.54, 1.807) is 7.05 Å². The van der Waals surface area contributed by atoms with Crippen LogP contribution in [-0.4, -0.2) is 29.7 Å². The van der Waals surface area contributed by atoms with Gasteiger partial charge in [0.2, 0.25) is 0 Å². The van der Waals surface area contributed by atoms with Crippen LogP contribution >= 0.6 is 15.9 Å². The number of halogens is 3. The summed E-state index contributed by atoms with van der Waals surface area (Å²) in [6.07, 6.45) is 0.763. The molecule has 88 valence electrons. The standard InChI is InChI=1S/C11H12BrF2NO/c1-15(7-3-6-12)11(16)8-4-2-5-9(13)10(8)14/h2,4-5H,3,6-7H2,1H3. The lowest BCUT2D eigenvalue weighted by Gasteiger charge is -2.16. The van der Waals surface area contributed by atoms with Crippen molar-refractivity contribution >= 4 is 21.8 Å². The van der Waals surface area contributed by atoms with Crippen molar-refractivity contribution in [3.63, 3.8) is 0 Å². The Morgan fingerprint density at radius 2 is 2.12 bits per heavy atom. The lowest BCUT2D eigenvalue weighted by Crippen LogP contribution is -2.28. The zero-order chi connectivity index (χ0) is 12.1. The third-order valence-corrected chi connectivity index (χ3v) is 2.72. The number of hydrogen-bond acceptors (Lipinski definition) is 1. The van der Waals surface area contributed by atoms with Crippen molar-refractivity contribution in [2.45, 2.75) is 6.42 Å². The van der Waals surface area contributed by atoms with Gasteiger partial charge in [-0.05, 0) is 18.6 Å². The number of carbonyl (C=O) groups excluding carboxylic acids is 1. The predicted molar refractivity (Wildman–Crippen MR) is 61.7 cm³/mol. The summed E-state index contributed by atoms with van der Waals surface area (Å²) < 4.78 is 26.2. The van der Waals surface area contributed by atoms with E-state index in [2.05, 4.69) is 15.9 Å². The smallest absolute Gasteiger partial charge is 0.256 e. The van der Waals surface area contributed by atoms with Gasteiger partial charge in [0.05, 0.1) is 5.56 Å². The Labute approximate surface area is 101 Å². The summed E-state index contributed by atoms with van der Waals surface area (Å²) in [7, 11) is 1.56. The molecule has 1 aromatic carbocycles. The average Bonchev–Trinajstić information content (AvgIpc) is 2.28. The molecule has 0 aromatic heterocycles. The molecular formula is C11H12BrF2NO. The highest BCUT2D eigenvalue weighted by Gasteiger charge is 2.17. The van der Waals surface area contributed by atoms with Crippen molar-refractivity contribution < 1.29 is 13.6 Å². The minimum atomic E-state index is -1.09. The molecule has 16 heavy (non-hydrogen) atoms. The van der Waals surface area contributed by atoms with Gasteiger partial charge in [-0.1, -0.05) is 22.0 Å². The van der Waals surface area contributed by atoms with Crippen LogP contribution in [0.25, 0.3) is 0 Å². The molecule has 0 aliphatic rings. The number of hydrogen-bond donors (Lipinski definition) is 0. The van der Waals surface area contributed by atoms with E-state index in [9.17, 15) is 13.6 Å². The zero-order valence-corrected chi connectivity index (χ0v) is 10.4. The van der Waals surface area contributed by atoms with E-state index in [0.29, 0.717) is 6.54 Å². The lowest BCUT2D eigenvalue weighted by atomic mass is 10.2. The van der Waals surface area contributed by atoms with E-state index in [1.165, 1.54) is 17.0 Å². The molecule has 0 fully saturated rings. The van der Waals surface area contributed by atoms with Gasteiger partial charge in [-0.2, -0.15) is 0 Å². The number of alkyl halides is 1. The Morgan fingerprint density at radius 3 is 2.75 bits per heavy atom. The van der Waals surface area contributed by atoms with E-state index in [0.717, 1.165) is 17.8 Å². The van der Waals surface area contributed by atoms with Crippen molar-refractivity contribution in [3.8, 4) is 0 Å². The minimum Gasteiger partial charge on any atom is -0.342 e. The summed E-state index contributed by atoms with van der Waals surface area (Å²) in [5.41, 5.74) is -0.225. The highest BCUT2D eigenvalue weighted by Crippen LogP contribution is 2.13. The van der Waals surface area contributed by atoms with E-state index in [4.69, 9.17) is 0 Å². The molecule has 0 atom stereocenters. The van der Waals surface area contributed by atoms with Gasteiger partial charge in [0.1, 0.15) is 0 Å². The molecule has 1 amide bonds. The number of nitrogens with zero attached hydrogens (tertiary/aromatic N) is 1. The molecule has 0 N–H and O–H groups in total. The normalized spacial score (nSPS) is 10.2. The van der Waals surface area contributed by atoms with Crippen molar-refractivity contribution in [1.82, 2.24) is 4.90 Å². The van der Waals surface area contributed by atoms with Crippen LogP contribution in [0.5, 0.6) is 0 Å². The highest BCUT2D eigenvalue weighted by molar-refractivity contribution is 9.09. The second-order valence-corrected chi connectivity index (χ2v) is 4.16. The Bertz CT molecular complexity index is 384. The largest absolute Gasteiger partial charge is 0.342 e.